The van der Waals surface area contributed by atoms with Crippen molar-refractivity contribution in [1.29, 1.82) is 0 Å². The number of aliphatic hydroxyl groups is 1. The zero-order chi connectivity index (χ0) is 27.9. The summed E-state index contributed by atoms with van der Waals surface area (Å²) in [7, 11) is 0. The second kappa shape index (κ2) is 8.94. The van der Waals surface area contributed by atoms with Gasteiger partial charge in [-0.2, -0.15) is 0 Å². The number of cyclic esters (lactones) is 1. The van der Waals surface area contributed by atoms with E-state index >= 15 is 4.39 Å². The van der Waals surface area contributed by atoms with E-state index in [0.717, 1.165) is 41.5 Å². The molecule has 0 spiro atoms. The van der Waals surface area contributed by atoms with E-state index in [2.05, 4.69) is 10.6 Å². The molecule has 10 heteroatoms. The van der Waals surface area contributed by atoms with Crippen molar-refractivity contribution in [3.63, 3.8) is 0 Å². The number of hydrogen-bond donors (Lipinski definition) is 3. The molecule has 1 saturated heterocycles. The summed E-state index contributed by atoms with van der Waals surface area (Å²) >= 11 is 0. The van der Waals surface area contributed by atoms with Crippen molar-refractivity contribution >= 4 is 22.8 Å². The van der Waals surface area contributed by atoms with Crippen LogP contribution in [0.4, 0.5) is 4.39 Å². The number of amides is 1. The summed E-state index contributed by atoms with van der Waals surface area (Å²) in [5.74, 6) is -1.18. The van der Waals surface area contributed by atoms with E-state index < -0.39 is 11.6 Å². The average Bonchev–Trinajstić information content (AvgIpc) is 3.58. The van der Waals surface area contributed by atoms with Crippen LogP contribution in [0.2, 0.25) is 0 Å². The van der Waals surface area contributed by atoms with Crippen LogP contribution in [0.25, 0.3) is 22.3 Å². The average molecular weight is 547 g/mol. The second-order valence-electron chi connectivity index (χ2n) is 11.5. The molecule has 3 aliphatic heterocycles. The molecule has 0 bridgehead atoms. The van der Waals surface area contributed by atoms with Gasteiger partial charge >= 0.3 is 5.97 Å². The summed E-state index contributed by atoms with van der Waals surface area (Å²) < 4.78 is 21.8. The minimum absolute atomic E-state index is 0.0443. The fourth-order valence-corrected chi connectivity index (χ4v) is 7.11. The topological polar surface area (TPSA) is 123 Å². The van der Waals surface area contributed by atoms with Crippen LogP contribution >= 0.6 is 0 Å². The largest absolute Gasteiger partial charge is 0.458 e. The first-order valence-electron chi connectivity index (χ1n) is 14.1. The Hall–Kier alpha value is -3.63. The van der Waals surface area contributed by atoms with Crippen LogP contribution in [0.5, 0.6) is 0 Å². The molecule has 0 saturated carbocycles. The molecule has 5 heterocycles. The summed E-state index contributed by atoms with van der Waals surface area (Å²) in [5.41, 5.74) is 2.75. The van der Waals surface area contributed by atoms with E-state index in [1.807, 2.05) is 0 Å². The zero-order valence-electron chi connectivity index (χ0n) is 22.5. The van der Waals surface area contributed by atoms with E-state index in [9.17, 15) is 19.5 Å². The third-order valence-electron chi connectivity index (χ3n) is 9.31. The summed E-state index contributed by atoms with van der Waals surface area (Å²) in [6.45, 7) is 4.35. The molecular formula is C30H31FN4O5. The molecule has 7 rings (SSSR count). The number of halogens is 1. The number of nitrogens with zero attached hydrogens (tertiary/aromatic N) is 2. The van der Waals surface area contributed by atoms with Gasteiger partial charge in [0.1, 0.15) is 12.4 Å². The van der Waals surface area contributed by atoms with Crippen molar-refractivity contribution in [2.75, 3.05) is 6.54 Å². The highest BCUT2D eigenvalue weighted by atomic mass is 19.1. The van der Waals surface area contributed by atoms with Crippen LogP contribution in [0, 0.1) is 12.7 Å². The number of carbonyl (C=O) groups excluding carboxylic acids is 2. The third kappa shape index (κ3) is 3.51. The van der Waals surface area contributed by atoms with Crippen molar-refractivity contribution in [2.45, 2.75) is 83.2 Å². The molecule has 1 fully saturated rings. The molecule has 1 aromatic carbocycles. The number of aromatic nitrogens is 2. The molecule has 2 aromatic heterocycles. The highest BCUT2D eigenvalue weighted by Crippen LogP contribution is 2.46. The fourth-order valence-electron chi connectivity index (χ4n) is 7.11. The number of benzene rings is 1. The predicted molar refractivity (Wildman–Crippen MR) is 144 cm³/mol. The minimum atomic E-state index is -1.93. The van der Waals surface area contributed by atoms with E-state index in [0.29, 0.717) is 41.7 Å². The number of esters is 1. The van der Waals surface area contributed by atoms with Gasteiger partial charge in [-0.3, -0.25) is 9.59 Å². The van der Waals surface area contributed by atoms with E-state index in [1.54, 1.807) is 24.5 Å². The zero-order valence-corrected chi connectivity index (χ0v) is 22.5. The van der Waals surface area contributed by atoms with Gasteiger partial charge in [0.05, 0.1) is 35.1 Å². The van der Waals surface area contributed by atoms with Crippen molar-refractivity contribution in [3.8, 4) is 11.4 Å². The van der Waals surface area contributed by atoms with Crippen molar-refractivity contribution in [3.05, 3.63) is 61.7 Å². The normalized spacial score (nSPS) is 24.4. The molecule has 1 amide bonds. The van der Waals surface area contributed by atoms with Gasteiger partial charge in [0.25, 0.3) is 5.56 Å². The molecule has 9 nitrogen and oxygen atoms in total. The molecular weight excluding hydrogens is 515 g/mol. The highest BCUT2D eigenvalue weighted by molar-refractivity contribution is 5.94. The quantitative estimate of drug-likeness (QED) is 0.337. The number of nitrogens with one attached hydrogen (secondary N) is 2. The Morgan fingerprint density at radius 3 is 2.85 bits per heavy atom. The first kappa shape index (κ1) is 25.3. The number of rotatable bonds is 4. The van der Waals surface area contributed by atoms with Crippen LogP contribution in [0.1, 0.15) is 78.5 Å². The minimum Gasteiger partial charge on any atom is -0.458 e. The predicted octanol–water partition coefficient (Wildman–Crippen LogP) is 2.77. The standard InChI is InChI=1S/C30H31FN4O5/c1-3-30(39)19-10-23-27-17(12-35(23)28(37)18(19)13-40-29(30)38)26-21(33-24(36)9-15-5-4-8-32-15)7-6-16-14(2)20(31)11-22(34-27)25(16)26/h10-11,15,21,32,39H,3-9,12-13H2,1-2H3,(H,33,36)/t15-,21-,30-/m0/s1. The summed E-state index contributed by atoms with van der Waals surface area (Å²) in [4.78, 5) is 44.3. The van der Waals surface area contributed by atoms with Crippen LogP contribution in [0.15, 0.2) is 16.9 Å². The maximum absolute atomic E-state index is 15.1. The van der Waals surface area contributed by atoms with E-state index in [4.69, 9.17) is 9.72 Å². The monoisotopic (exact) mass is 546 g/mol. The molecule has 40 heavy (non-hydrogen) atoms. The Morgan fingerprint density at radius 1 is 1.27 bits per heavy atom. The number of pyridine rings is 2. The maximum atomic E-state index is 15.1. The first-order valence-corrected chi connectivity index (χ1v) is 14.1. The lowest BCUT2D eigenvalue weighted by atomic mass is 9.81. The van der Waals surface area contributed by atoms with Gasteiger partial charge in [0.15, 0.2) is 5.60 Å². The molecule has 3 aromatic rings. The van der Waals surface area contributed by atoms with Crippen LogP contribution in [-0.4, -0.2) is 39.1 Å². The first-order chi connectivity index (χ1) is 19.2. The van der Waals surface area contributed by atoms with Crippen molar-refractivity contribution < 1.29 is 23.8 Å². The Balaban J connectivity index is 1.41. The Labute approximate surface area is 229 Å². The number of aryl methyl sites for hydroxylation is 1. The number of ether oxygens (including phenoxy) is 1. The third-order valence-corrected chi connectivity index (χ3v) is 9.31. The molecule has 3 N–H and O–H groups in total. The molecule has 1 aliphatic carbocycles. The van der Waals surface area contributed by atoms with Gasteiger partial charge in [-0.05, 0) is 68.3 Å². The summed E-state index contributed by atoms with van der Waals surface area (Å²) in [5, 5.41) is 18.6. The highest BCUT2D eigenvalue weighted by Gasteiger charge is 2.46. The SMILES string of the molecule is CC[C@@]1(O)C(=O)OCc2c1cc1n(c2=O)Cc2c-1nc1cc(F)c(C)c3c1c2[C@@H](NC(=O)C[C@@H]1CCCN1)CC3. The van der Waals surface area contributed by atoms with Crippen molar-refractivity contribution in [2.24, 2.45) is 0 Å². The molecule has 208 valence electrons. The lowest BCUT2D eigenvalue weighted by Gasteiger charge is -2.31. The van der Waals surface area contributed by atoms with Gasteiger partial charge in [0, 0.05) is 35.0 Å². The van der Waals surface area contributed by atoms with Gasteiger partial charge in [0.2, 0.25) is 5.91 Å². The fraction of sp³-hybridized carbons (Fsp3) is 0.467. The summed E-state index contributed by atoms with van der Waals surface area (Å²) in [6.07, 6.45) is 3.66. The lowest BCUT2D eigenvalue weighted by Crippen LogP contribution is -2.44. The van der Waals surface area contributed by atoms with Crippen LogP contribution in [-0.2, 0) is 39.5 Å². The van der Waals surface area contributed by atoms with E-state index in [1.165, 1.54) is 6.07 Å². The maximum Gasteiger partial charge on any atom is 0.343 e. The lowest BCUT2D eigenvalue weighted by molar-refractivity contribution is -0.172. The van der Waals surface area contributed by atoms with E-state index in [-0.39, 0.29) is 60.1 Å². The Kier molecular flexibility index (Phi) is 5.66. The second-order valence-corrected chi connectivity index (χ2v) is 11.5. The number of hydrogen-bond acceptors (Lipinski definition) is 7. The van der Waals surface area contributed by atoms with Gasteiger partial charge in [-0.15, -0.1) is 0 Å². The molecule has 0 radical (unpaired) electrons. The van der Waals surface area contributed by atoms with Gasteiger partial charge in [-0.1, -0.05) is 6.92 Å². The van der Waals surface area contributed by atoms with Crippen molar-refractivity contribution in [1.82, 2.24) is 20.2 Å². The number of fused-ring (bicyclic) bond motifs is 5. The Bertz CT molecular complexity index is 1690. The number of carbonyl (C=O) groups is 2. The molecule has 0 unspecified atom stereocenters. The van der Waals surface area contributed by atoms with Gasteiger partial charge < -0.3 is 25.0 Å². The van der Waals surface area contributed by atoms with Gasteiger partial charge in [-0.25, -0.2) is 14.2 Å². The summed E-state index contributed by atoms with van der Waals surface area (Å²) in [6, 6.07) is 2.92. The van der Waals surface area contributed by atoms with Crippen LogP contribution in [0.3, 0.4) is 0 Å². The molecule has 4 aliphatic rings. The Morgan fingerprint density at radius 2 is 2.10 bits per heavy atom. The molecule has 3 atom stereocenters. The van der Waals surface area contributed by atoms with Crippen LogP contribution < -0.4 is 16.2 Å². The smallest absolute Gasteiger partial charge is 0.343 e.